The minimum atomic E-state index is -0.120. The summed E-state index contributed by atoms with van der Waals surface area (Å²) in [6.45, 7) is 7.21. The molecule has 0 saturated heterocycles. The van der Waals surface area contributed by atoms with Gasteiger partial charge in [0.15, 0.2) is 5.96 Å². The van der Waals surface area contributed by atoms with E-state index in [0.29, 0.717) is 25.6 Å². The van der Waals surface area contributed by atoms with E-state index < -0.39 is 0 Å². The number of aliphatic imine (C=N–C) groups is 1. The maximum Gasteiger partial charge on any atom is 0.326 e. The first-order valence-corrected chi connectivity index (χ1v) is 6.43. The third-order valence-corrected chi connectivity index (χ3v) is 2.84. The Kier molecular flexibility index (Phi) is 4.24. The fourth-order valence-corrected chi connectivity index (χ4v) is 1.90. The predicted molar refractivity (Wildman–Crippen MR) is 81.9 cm³/mol. The van der Waals surface area contributed by atoms with Crippen LogP contribution in [0.4, 0.5) is 0 Å². The van der Waals surface area contributed by atoms with Gasteiger partial charge < -0.3 is 16.0 Å². The van der Waals surface area contributed by atoms with Gasteiger partial charge in [-0.3, -0.25) is 4.57 Å². The first kappa shape index (κ1) is 13.9. The second-order valence-corrected chi connectivity index (χ2v) is 4.68. The minimum absolute atomic E-state index is 0.120. The van der Waals surface area contributed by atoms with Gasteiger partial charge in [-0.1, -0.05) is 24.3 Å². The summed E-state index contributed by atoms with van der Waals surface area (Å²) in [4.78, 5) is 18.8. The monoisotopic (exact) mass is 273 g/mol. The molecule has 0 aliphatic carbocycles. The van der Waals surface area contributed by atoms with Crippen molar-refractivity contribution < 1.29 is 0 Å². The number of nitrogens with zero attached hydrogens (tertiary/aromatic N) is 2. The van der Waals surface area contributed by atoms with Gasteiger partial charge in [0, 0.05) is 13.1 Å². The number of benzene rings is 1. The van der Waals surface area contributed by atoms with E-state index in [-0.39, 0.29) is 5.69 Å². The summed E-state index contributed by atoms with van der Waals surface area (Å²) in [6, 6.07) is 7.58. The molecule has 0 atom stereocenters. The van der Waals surface area contributed by atoms with Crippen LogP contribution in [0.1, 0.15) is 6.92 Å². The Labute approximate surface area is 117 Å². The van der Waals surface area contributed by atoms with E-state index in [0.717, 1.165) is 16.6 Å². The molecule has 2 rings (SSSR count). The number of para-hydroxylation sites is 2. The highest BCUT2D eigenvalue weighted by Gasteiger charge is 2.04. The van der Waals surface area contributed by atoms with Crippen molar-refractivity contribution in [3.63, 3.8) is 0 Å². The van der Waals surface area contributed by atoms with E-state index in [4.69, 9.17) is 5.73 Å². The highest BCUT2D eigenvalue weighted by Crippen LogP contribution is 2.08. The van der Waals surface area contributed by atoms with Crippen molar-refractivity contribution in [1.82, 2.24) is 14.9 Å². The molecule has 2 aromatic rings. The smallest absolute Gasteiger partial charge is 0.326 e. The molecule has 106 valence electrons. The van der Waals surface area contributed by atoms with Gasteiger partial charge in [0.25, 0.3) is 0 Å². The van der Waals surface area contributed by atoms with Gasteiger partial charge in [-0.05, 0) is 19.1 Å². The number of nitrogens with one attached hydrogen (secondary N) is 2. The van der Waals surface area contributed by atoms with Crippen LogP contribution < -0.4 is 16.7 Å². The lowest BCUT2D eigenvalue weighted by Gasteiger charge is -2.06. The summed E-state index contributed by atoms with van der Waals surface area (Å²) in [5.41, 5.74) is 8.26. The molecule has 0 amide bonds. The largest absolute Gasteiger partial charge is 0.370 e. The molecule has 0 radical (unpaired) electrons. The van der Waals surface area contributed by atoms with Gasteiger partial charge in [-0.15, -0.1) is 0 Å². The summed E-state index contributed by atoms with van der Waals surface area (Å²) >= 11 is 0. The molecule has 0 fully saturated rings. The molecule has 6 heteroatoms. The topological polar surface area (TPSA) is 88.2 Å². The standard InChI is InChI=1S/C14H19N5O/c1-10(2)9-17-13(15)16-7-8-19-12-6-4-3-5-11(12)18-14(19)20/h3-6H,1,7-9H2,2H3,(H,18,20)(H3,15,16,17). The van der Waals surface area contributed by atoms with Crippen LogP contribution in [-0.4, -0.2) is 28.6 Å². The maximum absolute atomic E-state index is 11.8. The Morgan fingerprint density at radius 2 is 2.25 bits per heavy atom. The van der Waals surface area contributed by atoms with Crippen LogP contribution >= 0.6 is 0 Å². The van der Waals surface area contributed by atoms with Gasteiger partial charge in [0.1, 0.15) is 0 Å². The summed E-state index contributed by atoms with van der Waals surface area (Å²) < 4.78 is 1.67. The Bertz CT molecular complexity index is 695. The number of aromatic amines is 1. The zero-order chi connectivity index (χ0) is 14.5. The SMILES string of the molecule is C=C(C)CN=C(N)NCCn1c(=O)[nH]c2ccccc21. The van der Waals surface area contributed by atoms with Crippen LogP contribution in [0.15, 0.2) is 46.2 Å². The van der Waals surface area contributed by atoms with Crippen molar-refractivity contribution in [2.75, 3.05) is 13.1 Å². The Hall–Kier alpha value is -2.50. The van der Waals surface area contributed by atoms with Crippen LogP contribution in [0.2, 0.25) is 0 Å². The highest BCUT2D eigenvalue weighted by atomic mass is 16.1. The highest BCUT2D eigenvalue weighted by molar-refractivity contribution is 5.78. The Balaban J connectivity index is 2.00. The third kappa shape index (κ3) is 3.28. The molecule has 0 aliphatic heterocycles. The van der Waals surface area contributed by atoms with Crippen molar-refractivity contribution in [3.05, 3.63) is 46.9 Å². The molecule has 20 heavy (non-hydrogen) atoms. The zero-order valence-electron chi connectivity index (χ0n) is 11.5. The molecule has 0 bridgehead atoms. The minimum Gasteiger partial charge on any atom is -0.370 e. The number of hydrogen-bond acceptors (Lipinski definition) is 2. The first-order valence-electron chi connectivity index (χ1n) is 6.43. The summed E-state index contributed by atoms with van der Waals surface area (Å²) in [5, 5.41) is 2.98. The number of imidazole rings is 1. The van der Waals surface area contributed by atoms with Gasteiger partial charge in [-0.25, -0.2) is 9.79 Å². The zero-order valence-corrected chi connectivity index (χ0v) is 11.5. The molecule has 0 aliphatic rings. The average Bonchev–Trinajstić information content (AvgIpc) is 2.73. The number of H-pyrrole nitrogens is 1. The predicted octanol–water partition coefficient (Wildman–Crippen LogP) is 0.810. The molecular formula is C14H19N5O. The lowest BCUT2D eigenvalue weighted by atomic mass is 10.3. The fourth-order valence-electron chi connectivity index (χ4n) is 1.90. The molecule has 1 heterocycles. The van der Waals surface area contributed by atoms with Crippen molar-refractivity contribution >= 4 is 17.0 Å². The number of rotatable bonds is 5. The summed E-state index contributed by atoms with van der Waals surface area (Å²) in [7, 11) is 0. The second kappa shape index (κ2) is 6.10. The summed E-state index contributed by atoms with van der Waals surface area (Å²) in [6.07, 6.45) is 0. The number of fused-ring (bicyclic) bond motifs is 1. The molecular weight excluding hydrogens is 254 g/mol. The Morgan fingerprint density at radius 1 is 1.50 bits per heavy atom. The van der Waals surface area contributed by atoms with Gasteiger partial charge >= 0.3 is 5.69 Å². The van der Waals surface area contributed by atoms with E-state index in [2.05, 4.69) is 21.9 Å². The van der Waals surface area contributed by atoms with Gasteiger partial charge in [-0.2, -0.15) is 0 Å². The van der Waals surface area contributed by atoms with Crippen LogP contribution in [0.5, 0.6) is 0 Å². The summed E-state index contributed by atoms with van der Waals surface area (Å²) in [5.74, 6) is 0.362. The van der Waals surface area contributed by atoms with E-state index in [9.17, 15) is 4.79 Å². The Morgan fingerprint density at radius 3 is 3.00 bits per heavy atom. The lowest BCUT2D eigenvalue weighted by Crippen LogP contribution is -2.35. The van der Waals surface area contributed by atoms with Crippen molar-refractivity contribution in [2.24, 2.45) is 10.7 Å². The molecule has 1 aromatic carbocycles. The van der Waals surface area contributed by atoms with Crippen molar-refractivity contribution in [2.45, 2.75) is 13.5 Å². The number of aromatic nitrogens is 2. The van der Waals surface area contributed by atoms with Crippen LogP contribution in [0, 0.1) is 0 Å². The van der Waals surface area contributed by atoms with Crippen LogP contribution in [0.3, 0.4) is 0 Å². The number of hydrogen-bond donors (Lipinski definition) is 3. The van der Waals surface area contributed by atoms with Crippen molar-refractivity contribution in [3.8, 4) is 0 Å². The molecule has 1 aromatic heterocycles. The normalized spacial score (nSPS) is 11.8. The lowest BCUT2D eigenvalue weighted by molar-refractivity contribution is 0.667. The number of nitrogens with two attached hydrogens (primary N) is 1. The third-order valence-electron chi connectivity index (χ3n) is 2.84. The van der Waals surface area contributed by atoms with Gasteiger partial charge in [0.05, 0.1) is 17.6 Å². The quantitative estimate of drug-likeness (QED) is 0.428. The van der Waals surface area contributed by atoms with Crippen LogP contribution in [-0.2, 0) is 6.54 Å². The van der Waals surface area contributed by atoms with E-state index >= 15 is 0 Å². The van der Waals surface area contributed by atoms with E-state index in [1.54, 1.807) is 4.57 Å². The van der Waals surface area contributed by atoms with Crippen molar-refractivity contribution in [1.29, 1.82) is 0 Å². The van der Waals surface area contributed by atoms with Gasteiger partial charge in [0.2, 0.25) is 0 Å². The molecule has 4 N–H and O–H groups in total. The maximum atomic E-state index is 11.8. The second-order valence-electron chi connectivity index (χ2n) is 4.68. The molecule has 0 saturated carbocycles. The fraction of sp³-hybridized carbons (Fsp3) is 0.286. The number of guanidine groups is 1. The van der Waals surface area contributed by atoms with E-state index in [1.807, 2.05) is 31.2 Å². The molecule has 0 unspecified atom stereocenters. The first-order chi connectivity index (χ1) is 9.58. The van der Waals surface area contributed by atoms with Crippen LogP contribution in [0.25, 0.3) is 11.0 Å². The average molecular weight is 273 g/mol. The van der Waals surface area contributed by atoms with E-state index in [1.165, 1.54) is 0 Å². The molecule has 0 spiro atoms. The molecule has 6 nitrogen and oxygen atoms in total.